The van der Waals surface area contributed by atoms with Crippen molar-refractivity contribution in [3.8, 4) is 0 Å². The molecule has 0 spiro atoms. The van der Waals surface area contributed by atoms with Crippen LogP contribution in [0.5, 0.6) is 0 Å². The second-order valence-corrected chi connectivity index (χ2v) is 5.86. The van der Waals surface area contributed by atoms with E-state index in [1.54, 1.807) is 0 Å². The van der Waals surface area contributed by atoms with Crippen molar-refractivity contribution >= 4 is 10.8 Å². The maximum Gasteiger partial charge on any atom is 0.0545 e. The van der Waals surface area contributed by atoms with Crippen LogP contribution in [-0.2, 0) is 10.8 Å². The van der Waals surface area contributed by atoms with E-state index in [2.05, 4.69) is 19.2 Å². The normalized spacial score (nSPS) is 14.5. The summed E-state index contributed by atoms with van der Waals surface area (Å²) in [5.74, 6) is 0.713. The third-order valence-electron chi connectivity index (χ3n) is 2.77. The Hall–Kier alpha value is -0.670. The SMILES string of the molecule is CCCC(CS(=O)c1ccc(C)cc1)NCC. The van der Waals surface area contributed by atoms with Crippen LogP contribution >= 0.6 is 0 Å². The second kappa shape index (κ2) is 7.62. The zero-order chi connectivity index (χ0) is 12.7. The molecular weight excluding hydrogens is 230 g/mol. The maximum absolute atomic E-state index is 12.2. The second-order valence-electron chi connectivity index (χ2n) is 4.37. The lowest BCUT2D eigenvalue weighted by Crippen LogP contribution is -2.33. The van der Waals surface area contributed by atoms with Crippen LogP contribution in [-0.4, -0.2) is 22.5 Å². The molecule has 0 fully saturated rings. The lowest BCUT2D eigenvalue weighted by atomic mass is 10.2. The molecule has 0 aliphatic heterocycles. The number of benzene rings is 1. The monoisotopic (exact) mass is 253 g/mol. The van der Waals surface area contributed by atoms with Gasteiger partial charge in [-0.3, -0.25) is 4.21 Å². The molecule has 1 N–H and O–H groups in total. The maximum atomic E-state index is 12.2. The van der Waals surface area contributed by atoms with Gasteiger partial charge in [-0.25, -0.2) is 0 Å². The number of rotatable bonds is 7. The predicted molar refractivity (Wildman–Crippen MR) is 74.8 cm³/mol. The van der Waals surface area contributed by atoms with Crippen LogP contribution < -0.4 is 5.32 Å². The molecule has 0 radical (unpaired) electrons. The fraction of sp³-hybridized carbons (Fsp3) is 0.571. The summed E-state index contributed by atoms with van der Waals surface area (Å²) in [7, 11) is -0.887. The third-order valence-corrected chi connectivity index (χ3v) is 4.27. The molecule has 2 unspecified atom stereocenters. The molecule has 0 heterocycles. The van der Waals surface area contributed by atoms with Gasteiger partial charge in [0.1, 0.15) is 0 Å². The average molecular weight is 253 g/mol. The van der Waals surface area contributed by atoms with Gasteiger partial charge in [-0.2, -0.15) is 0 Å². The Morgan fingerprint density at radius 2 is 1.88 bits per heavy atom. The summed E-state index contributed by atoms with van der Waals surface area (Å²) in [6, 6.07) is 8.36. The molecule has 1 rings (SSSR count). The summed E-state index contributed by atoms with van der Waals surface area (Å²) in [4.78, 5) is 0.939. The number of nitrogens with one attached hydrogen (secondary N) is 1. The predicted octanol–water partition coefficient (Wildman–Crippen LogP) is 2.88. The van der Waals surface area contributed by atoms with Crippen molar-refractivity contribution in [2.45, 2.75) is 44.6 Å². The first-order valence-corrected chi connectivity index (χ1v) is 7.67. The molecule has 96 valence electrons. The van der Waals surface area contributed by atoms with Crippen molar-refractivity contribution in [2.75, 3.05) is 12.3 Å². The summed E-state index contributed by atoms with van der Waals surface area (Å²) in [6.07, 6.45) is 2.22. The Morgan fingerprint density at radius 3 is 2.41 bits per heavy atom. The Morgan fingerprint density at radius 1 is 1.24 bits per heavy atom. The van der Waals surface area contributed by atoms with Gasteiger partial charge in [0.15, 0.2) is 0 Å². The summed E-state index contributed by atoms with van der Waals surface area (Å²) in [5, 5.41) is 3.40. The van der Waals surface area contributed by atoms with Gasteiger partial charge in [-0.05, 0) is 32.0 Å². The lowest BCUT2D eigenvalue weighted by Gasteiger charge is -2.16. The van der Waals surface area contributed by atoms with Gasteiger partial charge in [0.25, 0.3) is 0 Å². The molecule has 1 aromatic rings. The van der Waals surface area contributed by atoms with Gasteiger partial charge in [-0.15, -0.1) is 0 Å². The minimum Gasteiger partial charge on any atom is -0.313 e. The molecule has 3 heteroatoms. The first-order valence-electron chi connectivity index (χ1n) is 6.35. The minimum atomic E-state index is -0.887. The topological polar surface area (TPSA) is 29.1 Å². The van der Waals surface area contributed by atoms with E-state index >= 15 is 0 Å². The van der Waals surface area contributed by atoms with Crippen LogP contribution in [0, 0.1) is 6.92 Å². The molecule has 0 aliphatic carbocycles. The highest BCUT2D eigenvalue weighted by Crippen LogP contribution is 2.10. The number of aryl methyl sites for hydroxylation is 1. The van der Waals surface area contributed by atoms with E-state index in [-0.39, 0.29) is 0 Å². The van der Waals surface area contributed by atoms with Crippen molar-refractivity contribution < 1.29 is 4.21 Å². The summed E-state index contributed by atoms with van der Waals surface area (Å²) in [5.41, 5.74) is 1.21. The Balaban J connectivity index is 2.60. The Labute approximate surface area is 107 Å². The van der Waals surface area contributed by atoms with E-state index in [1.807, 2.05) is 31.2 Å². The molecule has 0 saturated heterocycles. The number of hydrogen-bond donors (Lipinski definition) is 1. The van der Waals surface area contributed by atoms with Crippen molar-refractivity contribution in [3.05, 3.63) is 29.8 Å². The lowest BCUT2D eigenvalue weighted by molar-refractivity contribution is 0.525. The molecule has 2 nitrogen and oxygen atoms in total. The van der Waals surface area contributed by atoms with Gasteiger partial charge < -0.3 is 5.32 Å². The molecule has 0 bridgehead atoms. The molecule has 0 aliphatic rings. The quantitative estimate of drug-likeness (QED) is 0.809. The van der Waals surface area contributed by atoms with E-state index < -0.39 is 10.8 Å². The van der Waals surface area contributed by atoms with E-state index in [4.69, 9.17) is 0 Å². The van der Waals surface area contributed by atoms with Crippen molar-refractivity contribution in [1.82, 2.24) is 5.32 Å². The van der Waals surface area contributed by atoms with Crippen molar-refractivity contribution in [3.63, 3.8) is 0 Å². The van der Waals surface area contributed by atoms with Gasteiger partial charge in [0, 0.05) is 16.7 Å². The summed E-state index contributed by atoms with van der Waals surface area (Å²) >= 11 is 0. The summed E-state index contributed by atoms with van der Waals surface area (Å²) < 4.78 is 12.2. The molecule has 2 atom stereocenters. The Bertz CT molecular complexity index is 342. The third kappa shape index (κ3) is 5.00. The first-order chi connectivity index (χ1) is 8.17. The largest absolute Gasteiger partial charge is 0.313 e. The standard InChI is InChI=1S/C14H23NOS/c1-4-6-13(15-5-2)11-17(16)14-9-7-12(3)8-10-14/h7-10,13,15H,4-6,11H2,1-3H3. The van der Waals surface area contributed by atoms with Gasteiger partial charge in [0.05, 0.1) is 10.8 Å². The molecular formula is C14H23NOS. The smallest absolute Gasteiger partial charge is 0.0545 e. The van der Waals surface area contributed by atoms with Crippen LogP contribution in [0.4, 0.5) is 0 Å². The van der Waals surface area contributed by atoms with Gasteiger partial charge >= 0.3 is 0 Å². The highest BCUT2D eigenvalue weighted by molar-refractivity contribution is 7.85. The van der Waals surface area contributed by atoms with Crippen LogP contribution in [0.3, 0.4) is 0 Å². The van der Waals surface area contributed by atoms with Crippen molar-refractivity contribution in [1.29, 1.82) is 0 Å². The molecule has 17 heavy (non-hydrogen) atoms. The molecule has 0 aromatic heterocycles. The zero-order valence-electron chi connectivity index (χ0n) is 11.0. The molecule has 1 aromatic carbocycles. The van der Waals surface area contributed by atoms with E-state index in [0.29, 0.717) is 11.8 Å². The fourth-order valence-electron chi connectivity index (χ4n) is 1.85. The van der Waals surface area contributed by atoms with Crippen LogP contribution in [0.1, 0.15) is 32.3 Å². The Kier molecular flexibility index (Phi) is 6.45. The van der Waals surface area contributed by atoms with E-state index in [1.165, 1.54) is 5.56 Å². The average Bonchev–Trinajstić information content (AvgIpc) is 2.30. The van der Waals surface area contributed by atoms with Crippen LogP contribution in [0.2, 0.25) is 0 Å². The molecule has 0 amide bonds. The van der Waals surface area contributed by atoms with Gasteiger partial charge in [0.2, 0.25) is 0 Å². The van der Waals surface area contributed by atoms with Crippen LogP contribution in [0.15, 0.2) is 29.2 Å². The minimum absolute atomic E-state index is 0.368. The van der Waals surface area contributed by atoms with E-state index in [9.17, 15) is 4.21 Å². The van der Waals surface area contributed by atoms with Gasteiger partial charge in [-0.1, -0.05) is 38.0 Å². The highest BCUT2D eigenvalue weighted by Gasteiger charge is 2.12. The zero-order valence-corrected chi connectivity index (χ0v) is 11.8. The highest BCUT2D eigenvalue weighted by atomic mass is 32.2. The first kappa shape index (κ1) is 14.4. The van der Waals surface area contributed by atoms with E-state index in [0.717, 1.165) is 24.3 Å². The summed E-state index contributed by atoms with van der Waals surface area (Å²) in [6.45, 7) is 7.25. The molecule has 0 saturated carbocycles. The van der Waals surface area contributed by atoms with Crippen molar-refractivity contribution in [2.24, 2.45) is 0 Å². The fourth-order valence-corrected chi connectivity index (χ4v) is 3.13. The van der Waals surface area contributed by atoms with Crippen LogP contribution in [0.25, 0.3) is 0 Å². The number of hydrogen-bond acceptors (Lipinski definition) is 2.